The smallest absolute Gasteiger partial charge is 0.339 e. The SMILES string of the molecule is CCc1nc2ccccc2c(C(=O)OCc2nn3c(=O)cc(C)nc3s2)c1C. The summed E-state index contributed by atoms with van der Waals surface area (Å²) in [7, 11) is 0. The summed E-state index contributed by atoms with van der Waals surface area (Å²) >= 11 is 1.23. The van der Waals surface area contributed by atoms with Crippen LogP contribution in [-0.2, 0) is 17.8 Å². The van der Waals surface area contributed by atoms with E-state index in [4.69, 9.17) is 4.74 Å². The number of nitrogens with zero attached hydrogens (tertiary/aromatic N) is 4. The summed E-state index contributed by atoms with van der Waals surface area (Å²) < 4.78 is 6.77. The van der Waals surface area contributed by atoms with Crippen molar-refractivity contribution >= 4 is 33.2 Å². The Hall–Kier alpha value is -3.13. The van der Waals surface area contributed by atoms with Gasteiger partial charge in [0.1, 0.15) is 6.61 Å². The molecular formula is C20H18N4O3S. The Kier molecular flexibility index (Phi) is 4.64. The van der Waals surface area contributed by atoms with E-state index in [0.29, 0.717) is 21.2 Å². The number of para-hydroxylation sites is 1. The van der Waals surface area contributed by atoms with Crippen molar-refractivity contribution < 1.29 is 9.53 Å². The Morgan fingerprint density at radius 1 is 1.21 bits per heavy atom. The Morgan fingerprint density at radius 3 is 2.79 bits per heavy atom. The third-order valence-corrected chi connectivity index (χ3v) is 5.40. The van der Waals surface area contributed by atoms with Gasteiger partial charge >= 0.3 is 5.97 Å². The van der Waals surface area contributed by atoms with Gasteiger partial charge in [0, 0.05) is 22.8 Å². The fourth-order valence-corrected chi connectivity index (χ4v) is 4.04. The Morgan fingerprint density at radius 2 is 2.00 bits per heavy atom. The maximum absolute atomic E-state index is 12.9. The van der Waals surface area contributed by atoms with Gasteiger partial charge in [-0.05, 0) is 31.9 Å². The predicted octanol–water partition coefficient (Wildman–Crippen LogP) is 3.24. The molecule has 0 aliphatic carbocycles. The molecule has 0 radical (unpaired) electrons. The van der Waals surface area contributed by atoms with E-state index in [0.717, 1.165) is 28.6 Å². The maximum atomic E-state index is 12.9. The van der Waals surface area contributed by atoms with E-state index in [1.54, 1.807) is 6.92 Å². The summed E-state index contributed by atoms with van der Waals surface area (Å²) in [5, 5.41) is 5.48. The number of benzene rings is 1. The molecule has 142 valence electrons. The summed E-state index contributed by atoms with van der Waals surface area (Å²) in [5.74, 6) is -0.429. The molecule has 0 saturated heterocycles. The second-order valence-corrected chi connectivity index (χ2v) is 7.47. The van der Waals surface area contributed by atoms with Crippen molar-refractivity contribution in [2.24, 2.45) is 0 Å². The van der Waals surface area contributed by atoms with Crippen LogP contribution >= 0.6 is 11.3 Å². The minimum atomic E-state index is -0.429. The number of aryl methyl sites for hydroxylation is 2. The van der Waals surface area contributed by atoms with Gasteiger partial charge in [0.25, 0.3) is 5.56 Å². The first kappa shape index (κ1) is 18.2. The largest absolute Gasteiger partial charge is 0.455 e. The number of rotatable bonds is 4. The predicted molar refractivity (Wildman–Crippen MR) is 107 cm³/mol. The van der Waals surface area contributed by atoms with Crippen molar-refractivity contribution in [1.29, 1.82) is 0 Å². The zero-order chi connectivity index (χ0) is 19.8. The van der Waals surface area contributed by atoms with Crippen molar-refractivity contribution in [3.05, 3.63) is 68.2 Å². The molecule has 0 atom stereocenters. The molecule has 0 saturated carbocycles. The van der Waals surface area contributed by atoms with Crippen LogP contribution in [0.4, 0.5) is 0 Å². The summed E-state index contributed by atoms with van der Waals surface area (Å²) in [6, 6.07) is 8.95. The van der Waals surface area contributed by atoms with E-state index in [1.807, 2.05) is 38.1 Å². The zero-order valence-corrected chi connectivity index (χ0v) is 16.5. The molecule has 3 heterocycles. The Bertz CT molecular complexity index is 1280. The second-order valence-electron chi connectivity index (χ2n) is 6.43. The van der Waals surface area contributed by atoms with Crippen LogP contribution in [0.1, 0.15) is 39.2 Å². The average Bonchev–Trinajstić information content (AvgIpc) is 3.09. The van der Waals surface area contributed by atoms with Crippen molar-refractivity contribution in [3.8, 4) is 0 Å². The Labute approximate surface area is 164 Å². The summed E-state index contributed by atoms with van der Waals surface area (Å²) in [5.41, 5.74) is 3.36. The van der Waals surface area contributed by atoms with E-state index < -0.39 is 5.97 Å². The minimum absolute atomic E-state index is 0.0249. The number of fused-ring (bicyclic) bond motifs is 2. The number of aromatic nitrogens is 4. The highest BCUT2D eigenvalue weighted by Crippen LogP contribution is 2.25. The Balaban J connectivity index is 1.67. The fraction of sp³-hybridized carbons (Fsp3) is 0.250. The molecule has 28 heavy (non-hydrogen) atoms. The molecule has 0 aliphatic heterocycles. The van der Waals surface area contributed by atoms with Crippen LogP contribution < -0.4 is 5.56 Å². The lowest BCUT2D eigenvalue weighted by Gasteiger charge is -2.12. The van der Waals surface area contributed by atoms with E-state index >= 15 is 0 Å². The van der Waals surface area contributed by atoms with Gasteiger partial charge in [0.2, 0.25) is 4.96 Å². The van der Waals surface area contributed by atoms with E-state index in [9.17, 15) is 9.59 Å². The molecular weight excluding hydrogens is 376 g/mol. The summed E-state index contributed by atoms with van der Waals surface area (Å²) in [6.07, 6.45) is 0.725. The molecule has 7 nitrogen and oxygen atoms in total. The molecule has 1 aromatic carbocycles. The number of carbonyl (C=O) groups excluding carboxylic acids is 1. The highest BCUT2D eigenvalue weighted by atomic mass is 32.1. The first-order valence-electron chi connectivity index (χ1n) is 8.89. The van der Waals surface area contributed by atoms with Gasteiger partial charge in [-0.3, -0.25) is 9.78 Å². The van der Waals surface area contributed by atoms with E-state index in [1.165, 1.54) is 21.9 Å². The maximum Gasteiger partial charge on any atom is 0.339 e. The number of pyridine rings is 1. The van der Waals surface area contributed by atoms with Crippen LogP contribution in [0.25, 0.3) is 15.9 Å². The third kappa shape index (κ3) is 3.16. The highest BCUT2D eigenvalue weighted by Gasteiger charge is 2.19. The number of hydrogen-bond acceptors (Lipinski definition) is 7. The molecule has 0 bridgehead atoms. The number of hydrogen-bond donors (Lipinski definition) is 0. The van der Waals surface area contributed by atoms with Crippen LogP contribution in [0.2, 0.25) is 0 Å². The van der Waals surface area contributed by atoms with Crippen molar-refractivity contribution in [1.82, 2.24) is 19.6 Å². The highest BCUT2D eigenvalue weighted by molar-refractivity contribution is 7.16. The number of carbonyl (C=O) groups is 1. The van der Waals surface area contributed by atoms with Gasteiger partial charge in [-0.2, -0.15) is 9.61 Å². The molecule has 0 fully saturated rings. The molecule has 0 unspecified atom stereocenters. The molecule has 0 N–H and O–H groups in total. The first-order chi connectivity index (χ1) is 13.5. The zero-order valence-electron chi connectivity index (χ0n) is 15.7. The molecule has 0 spiro atoms. The standard InChI is InChI=1S/C20H18N4O3S/c1-4-14-12(3)18(13-7-5-6-8-15(13)22-14)19(26)27-10-16-23-24-17(25)9-11(2)21-20(24)28-16/h5-9H,4,10H2,1-3H3. The molecule has 0 aliphatic rings. The van der Waals surface area contributed by atoms with Crippen LogP contribution in [0.5, 0.6) is 0 Å². The van der Waals surface area contributed by atoms with E-state index in [2.05, 4.69) is 15.1 Å². The van der Waals surface area contributed by atoms with Gasteiger partial charge in [0.15, 0.2) is 5.01 Å². The van der Waals surface area contributed by atoms with Gasteiger partial charge in [-0.1, -0.05) is 36.5 Å². The molecule has 4 rings (SSSR count). The number of ether oxygens (including phenoxy) is 1. The molecule has 0 amide bonds. The van der Waals surface area contributed by atoms with E-state index in [-0.39, 0.29) is 12.2 Å². The van der Waals surface area contributed by atoms with Gasteiger partial charge < -0.3 is 4.74 Å². The second kappa shape index (κ2) is 7.12. The van der Waals surface area contributed by atoms with Crippen molar-refractivity contribution in [2.75, 3.05) is 0 Å². The quantitative estimate of drug-likeness (QED) is 0.494. The lowest BCUT2D eigenvalue weighted by atomic mass is 10.0. The molecule has 3 aromatic heterocycles. The van der Waals surface area contributed by atoms with Gasteiger partial charge in [-0.15, -0.1) is 0 Å². The molecule has 8 heteroatoms. The summed E-state index contributed by atoms with van der Waals surface area (Å²) in [4.78, 5) is 34.3. The lowest BCUT2D eigenvalue weighted by Crippen LogP contribution is -2.15. The average molecular weight is 394 g/mol. The van der Waals surface area contributed by atoms with Crippen LogP contribution in [0, 0.1) is 13.8 Å². The molecule has 4 aromatic rings. The van der Waals surface area contributed by atoms with Gasteiger partial charge in [-0.25, -0.2) is 9.78 Å². The third-order valence-electron chi connectivity index (χ3n) is 4.52. The lowest BCUT2D eigenvalue weighted by molar-refractivity contribution is 0.0472. The van der Waals surface area contributed by atoms with Gasteiger partial charge in [0.05, 0.1) is 11.1 Å². The monoisotopic (exact) mass is 394 g/mol. The normalized spacial score (nSPS) is 11.2. The van der Waals surface area contributed by atoms with Crippen LogP contribution in [-0.4, -0.2) is 25.6 Å². The summed E-state index contributed by atoms with van der Waals surface area (Å²) in [6.45, 7) is 5.62. The minimum Gasteiger partial charge on any atom is -0.455 e. The number of esters is 1. The van der Waals surface area contributed by atoms with Crippen molar-refractivity contribution in [3.63, 3.8) is 0 Å². The van der Waals surface area contributed by atoms with Crippen molar-refractivity contribution in [2.45, 2.75) is 33.8 Å². The first-order valence-corrected chi connectivity index (χ1v) is 9.71. The topological polar surface area (TPSA) is 86.5 Å². The van der Waals surface area contributed by atoms with Crippen LogP contribution in [0.3, 0.4) is 0 Å². The fourth-order valence-electron chi connectivity index (χ4n) is 3.18. The van der Waals surface area contributed by atoms with Crippen LogP contribution in [0.15, 0.2) is 35.1 Å².